The Morgan fingerprint density at radius 3 is 2.73 bits per heavy atom. The third-order valence-electron chi connectivity index (χ3n) is 2.94. The molecule has 0 saturated carbocycles. The van der Waals surface area contributed by atoms with Crippen LogP contribution in [0.15, 0.2) is 29.6 Å². The minimum absolute atomic E-state index is 0.0482. The molecular formula is C16H19FN2O2S. The number of halogens is 1. The van der Waals surface area contributed by atoms with Crippen LogP contribution in [0.5, 0.6) is 5.75 Å². The summed E-state index contributed by atoms with van der Waals surface area (Å²) in [6, 6.07) is 6.12. The number of amides is 1. The first-order chi connectivity index (χ1) is 10.4. The summed E-state index contributed by atoms with van der Waals surface area (Å²) in [5.41, 5.74) is 0.892. The van der Waals surface area contributed by atoms with Crippen molar-refractivity contribution in [2.45, 2.75) is 32.6 Å². The summed E-state index contributed by atoms with van der Waals surface area (Å²) in [4.78, 5) is 16.2. The van der Waals surface area contributed by atoms with E-state index in [1.807, 2.05) is 5.38 Å². The molecule has 0 saturated heterocycles. The molecule has 0 fully saturated rings. The molecule has 1 aromatic heterocycles. The second-order valence-electron chi connectivity index (χ2n) is 5.86. The maximum absolute atomic E-state index is 13.3. The van der Waals surface area contributed by atoms with Gasteiger partial charge in [0.1, 0.15) is 0 Å². The highest BCUT2D eigenvalue weighted by molar-refractivity contribution is 7.13. The fourth-order valence-corrected chi connectivity index (χ4v) is 2.63. The number of anilines is 1. The van der Waals surface area contributed by atoms with Crippen LogP contribution in [0, 0.1) is 5.82 Å². The lowest BCUT2D eigenvalue weighted by Gasteiger charge is -2.14. The lowest BCUT2D eigenvalue weighted by atomic mass is 9.93. The Balaban J connectivity index is 1.81. The SMILES string of the molecule is CC(C)(C)c1csc(NC(=O)CCOc2ccccc2F)n1. The topological polar surface area (TPSA) is 51.2 Å². The van der Waals surface area contributed by atoms with Crippen LogP contribution >= 0.6 is 11.3 Å². The lowest BCUT2D eigenvalue weighted by molar-refractivity contribution is -0.116. The van der Waals surface area contributed by atoms with Gasteiger partial charge in [0.2, 0.25) is 5.91 Å². The molecule has 0 bridgehead atoms. The summed E-state index contributed by atoms with van der Waals surface area (Å²) < 4.78 is 18.6. The molecule has 1 aromatic carbocycles. The minimum atomic E-state index is -0.433. The fourth-order valence-electron chi connectivity index (χ4n) is 1.67. The van der Waals surface area contributed by atoms with Gasteiger partial charge in [-0.25, -0.2) is 9.37 Å². The highest BCUT2D eigenvalue weighted by atomic mass is 32.1. The highest BCUT2D eigenvalue weighted by Crippen LogP contribution is 2.26. The van der Waals surface area contributed by atoms with Crippen LogP contribution in [0.25, 0.3) is 0 Å². The number of ether oxygens (including phenoxy) is 1. The Hall–Kier alpha value is -1.95. The fraction of sp³-hybridized carbons (Fsp3) is 0.375. The largest absolute Gasteiger partial charge is 0.490 e. The Labute approximate surface area is 133 Å². The number of carbonyl (C=O) groups excluding carboxylic acids is 1. The second kappa shape index (κ2) is 6.87. The molecule has 1 amide bonds. The summed E-state index contributed by atoms with van der Waals surface area (Å²) in [5, 5.41) is 5.24. The van der Waals surface area contributed by atoms with E-state index in [4.69, 9.17) is 4.74 Å². The van der Waals surface area contributed by atoms with Crippen molar-refractivity contribution in [3.8, 4) is 5.75 Å². The molecule has 0 atom stereocenters. The van der Waals surface area contributed by atoms with E-state index in [1.165, 1.54) is 23.5 Å². The van der Waals surface area contributed by atoms with Crippen LogP contribution in [0.4, 0.5) is 9.52 Å². The monoisotopic (exact) mass is 322 g/mol. The van der Waals surface area contributed by atoms with Gasteiger partial charge in [0.25, 0.3) is 0 Å². The number of nitrogens with one attached hydrogen (secondary N) is 1. The zero-order valence-electron chi connectivity index (χ0n) is 12.9. The number of aromatic nitrogens is 1. The molecule has 1 heterocycles. The summed E-state index contributed by atoms with van der Waals surface area (Å²) in [6.07, 6.45) is 0.138. The molecule has 0 aliphatic carbocycles. The van der Waals surface area contributed by atoms with Gasteiger partial charge in [0, 0.05) is 10.8 Å². The van der Waals surface area contributed by atoms with Gasteiger partial charge in [0.15, 0.2) is 16.7 Å². The molecule has 22 heavy (non-hydrogen) atoms. The highest BCUT2D eigenvalue weighted by Gasteiger charge is 2.18. The third-order valence-corrected chi connectivity index (χ3v) is 3.70. The van der Waals surface area contributed by atoms with Gasteiger partial charge in [-0.1, -0.05) is 32.9 Å². The molecule has 4 nitrogen and oxygen atoms in total. The van der Waals surface area contributed by atoms with Crippen molar-refractivity contribution in [3.05, 3.63) is 41.2 Å². The van der Waals surface area contributed by atoms with Crippen LogP contribution < -0.4 is 10.1 Å². The second-order valence-corrected chi connectivity index (χ2v) is 6.72. The first kappa shape index (κ1) is 16.4. The van der Waals surface area contributed by atoms with Gasteiger partial charge in [-0.05, 0) is 12.1 Å². The van der Waals surface area contributed by atoms with Gasteiger partial charge >= 0.3 is 0 Å². The molecule has 0 spiro atoms. The van der Waals surface area contributed by atoms with E-state index in [0.717, 1.165) is 5.69 Å². The van der Waals surface area contributed by atoms with Crippen molar-refractivity contribution in [2.75, 3.05) is 11.9 Å². The summed E-state index contributed by atoms with van der Waals surface area (Å²) in [6.45, 7) is 6.31. The molecule has 118 valence electrons. The van der Waals surface area contributed by atoms with E-state index >= 15 is 0 Å². The maximum Gasteiger partial charge on any atom is 0.229 e. The van der Waals surface area contributed by atoms with Crippen LogP contribution in [0.2, 0.25) is 0 Å². The number of benzene rings is 1. The molecule has 2 aromatic rings. The van der Waals surface area contributed by atoms with Gasteiger partial charge in [0.05, 0.1) is 18.7 Å². The quantitative estimate of drug-likeness (QED) is 0.905. The van der Waals surface area contributed by atoms with Crippen LogP contribution in [-0.2, 0) is 10.2 Å². The average Bonchev–Trinajstić information content (AvgIpc) is 2.89. The van der Waals surface area contributed by atoms with E-state index in [1.54, 1.807) is 12.1 Å². The van der Waals surface area contributed by atoms with Crippen LogP contribution in [0.3, 0.4) is 0 Å². The number of para-hydroxylation sites is 1. The molecule has 6 heteroatoms. The van der Waals surface area contributed by atoms with Gasteiger partial charge in [-0.3, -0.25) is 4.79 Å². The molecular weight excluding hydrogens is 303 g/mol. The van der Waals surface area contributed by atoms with Gasteiger partial charge in [-0.15, -0.1) is 11.3 Å². The van der Waals surface area contributed by atoms with Crippen molar-refractivity contribution < 1.29 is 13.9 Å². The summed E-state index contributed by atoms with van der Waals surface area (Å²) in [5.74, 6) is -0.483. The normalized spacial score (nSPS) is 11.3. The molecule has 0 unspecified atom stereocenters. The predicted octanol–water partition coefficient (Wildman–Crippen LogP) is 3.99. The minimum Gasteiger partial charge on any atom is -0.490 e. The van der Waals surface area contributed by atoms with Gasteiger partial charge < -0.3 is 10.1 Å². The molecule has 2 rings (SSSR count). The maximum atomic E-state index is 13.3. The van der Waals surface area contributed by atoms with Crippen molar-refractivity contribution in [1.29, 1.82) is 0 Å². The Morgan fingerprint density at radius 2 is 2.09 bits per heavy atom. The zero-order chi connectivity index (χ0) is 16.2. The first-order valence-electron chi connectivity index (χ1n) is 6.99. The number of thiazole rings is 1. The van der Waals surface area contributed by atoms with E-state index in [0.29, 0.717) is 5.13 Å². The van der Waals surface area contributed by atoms with Crippen molar-refractivity contribution >= 4 is 22.4 Å². The Kier molecular flexibility index (Phi) is 5.13. The Morgan fingerprint density at radius 1 is 1.36 bits per heavy atom. The smallest absolute Gasteiger partial charge is 0.229 e. The van der Waals surface area contributed by atoms with E-state index in [-0.39, 0.29) is 30.1 Å². The molecule has 0 aliphatic heterocycles. The number of carbonyl (C=O) groups is 1. The van der Waals surface area contributed by atoms with Crippen LogP contribution in [0.1, 0.15) is 32.9 Å². The number of hydrogen-bond donors (Lipinski definition) is 1. The molecule has 0 radical (unpaired) electrons. The zero-order valence-corrected chi connectivity index (χ0v) is 13.7. The van der Waals surface area contributed by atoms with E-state index in [9.17, 15) is 9.18 Å². The number of nitrogens with zero attached hydrogens (tertiary/aromatic N) is 1. The predicted molar refractivity (Wildman–Crippen MR) is 86.0 cm³/mol. The number of rotatable bonds is 5. The van der Waals surface area contributed by atoms with Crippen molar-refractivity contribution in [1.82, 2.24) is 4.98 Å². The Bertz CT molecular complexity index is 650. The van der Waals surface area contributed by atoms with Crippen molar-refractivity contribution in [3.63, 3.8) is 0 Å². The standard InChI is InChI=1S/C16H19FN2O2S/c1-16(2,3)13-10-22-15(18-13)19-14(20)8-9-21-12-7-5-4-6-11(12)17/h4-7,10H,8-9H2,1-3H3,(H,18,19,20). The number of hydrogen-bond acceptors (Lipinski definition) is 4. The summed E-state index contributed by atoms with van der Waals surface area (Å²) in [7, 11) is 0. The van der Waals surface area contributed by atoms with Crippen molar-refractivity contribution in [2.24, 2.45) is 0 Å². The first-order valence-corrected chi connectivity index (χ1v) is 7.87. The third kappa shape index (κ3) is 4.53. The van der Waals surface area contributed by atoms with Crippen LogP contribution in [-0.4, -0.2) is 17.5 Å². The molecule has 0 aliphatic rings. The summed E-state index contributed by atoms with van der Waals surface area (Å²) >= 11 is 1.39. The average molecular weight is 322 g/mol. The molecule has 1 N–H and O–H groups in total. The van der Waals surface area contributed by atoms with E-state index < -0.39 is 5.82 Å². The lowest BCUT2D eigenvalue weighted by Crippen LogP contribution is -2.16. The van der Waals surface area contributed by atoms with E-state index in [2.05, 4.69) is 31.1 Å². The van der Waals surface area contributed by atoms with Gasteiger partial charge in [-0.2, -0.15) is 0 Å².